The molecule has 3 aromatic rings. The second-order valence-electron chi connectivity index (χ2n) is 9.63. The number of piperazine rings is 1. The van der Waals surface area contributed by atoms with Crippen LogP contribution in [0.25, 0.3) is 0 Å². The standard InChI is InChI=1S/C24H27F3N8O3S2/c1-14-11-16(33-7-9-34(10-8-33)40(4,37)38)5-6-17(14)30-23-28-12-18-20(31-23)32(3)22-19(29-15(2)39-22)21(36)35(18)13-24(25,26)27/h5-6,11-12H,7-10,13H2,1-4H3,(H,28,30,31). The first-order valence-corrected chi connectivity index (χ1v) is 14.9. The molecule has 4 heterocycles. The number of anilines is 6. The molecule has 0 radical (unpaired) electrons. The van der Waals surface area contributed by atoms with Crippen LogP contribution in [0.15, 0.2) is 24.4 Å². The minimum Gasteiger partial charge on any atom is -0.369 e. The van der Waals surface area contributed by atoms with Crippen LogP contribution in [0.2, 0.25) is 0 Å². The van der Waals surface area contributed by atoms with E-state index in [0.717, 1.165) is 11.3 Å². The molecule has 5 rings (SSSR count). The number of hydrogen-bond donors (Lipinski definition) is 1. The predicted octanol–water partition coefficient (Wildman–Crippen LogP) is 3.67. The van der Waals surface area contributed by atoms with Gasteiger partial charge in [0.2, 0.25) is 16.0 Å². The third-order valence-corrected chi connectivity index (χ3v) is 9.04. The SMILES string of the molecule is Cc1nc2c(s1)N(C)c1nc(Nc3ccc(N4CCN(S(C)(=O)=O)CC4)cc3C)ncc1N(CC(F)(F)F)C2=O. The molecule has 214 valence electrons. The normalized spacial score (nSPS) is 16.6. The lowest BCUT2D eigenvalue weighted by Gasteiger charge is -2.35. The van der Waals surface area contributed by atoms with E-state index in [1.54, 1.807) is 18.9 Å². The number of nitrogens with zero attached hydrogens (tertiary/aromatic N) is 7. The third-order valence-electron chi connectivity index (χ3n) is 6.69. The van der Waals surface area contributed by atoms with E-state index >= 15 is 0 Å². The Labute approximate surface area is 233 Å². The van der Waals surface area contributed by atoms with Crippen molar-refractivity contribution in [2.45, 2.75) is 20.0 Å². The number of carbonyl (C=O) groups excluding carboxylic acids is 1. The topological polar surface area (TPSA) is 115 Å². The molecule has 1 fully saturated rings. The molecule has 0 unspecified atom stereocenters. The Morgan fingerprint density at radius 3 is 2.42 bits per heavy atom. The molecular formula is C24H27F3N8O3S2. The maximum atomic E-state index is 13.5. The molecule has 0 aliphatic carbocycles. The molecule has 0 saturated carbocycles. The fourth-order valence-electron chi connectivity index (χ4n) is 4.70. The first kappa shape index (κ1) is 28.0. The molecule has 0 atom stereocenters. The molecule has 1 saturated heterocycles. The van der Waals surface area contributed by atoms with Gasteiger partial charge in [0, 0.05) is 44.6 Å². The number of fused-ring (bicyclic) bond motifs is 2. The van der Waals surface area contributed by atoms with Gasteiger partial charge in [0.05, 0.1) is 17.5 Å². The molecule has 0 bridgehead atoms. The van der Waals surface area contributed by atoms with Crippen LogP contribution in [-0.4, -0.2) is 85.8 Å². The first-order valence-electron chi connectivity index (χ1n) is 12.3. The molecule has 11 nitrogen and oxygen atoms in total. The Morgan fingerprint density at radius 2 is 1.80 bits per heavy atom. The largest absolute Gasteiger partial charge is 0.406 e. The Balaban J connectivity index is 1.42. The average molecular weight is 597 g/mol. The molecule has 2 aliphatic rings. The van der Waals surface area contributed by atoms with Crippen molar-refractivity contribution in [1.82, 2.24) is 19.3 Å². The van der Waals surface area contributed by atoms with Gasteiger partial charge in [0.1, 0.15) is 17.2 Å². The second kappa shape index (κ2) is 10.2. The van der Waals surface area contributed by atoms with E-state index in [4.69, 9.17) is 0 Å². The Morgan fingerprint density at radius 1 is 1.10 bits per heavy atom. The summed E-state index contributed by atoms with van der Waals surface area (Å²) in [5, 5.41) is 4.07. The van der Waals surface area contributed by atoms with E-state index in [0.29, 0.717) is 46.8 Å². The van der Waals surface area contributed by atoms with Crippen LogP contribution in [0, 0.1) is 13.8 Å². The van der Waals surface area contributed by atoms with E-state index in [9.17, 15) is 26.4 Å². The summed E-state index contributed by atoms with van der Waals surface area (Å²) < 4.78 is 65.4. The summed E-state index contributed by atoms with van der Waals surface area (Å²) in [5.74, 6) is -0.585. The Bertz CT molecular complexity index is 1570. The van der Waals surface area contributed by atoms with Crippen LogP contribution in [0.3, 0.4) is 0 Å². The van der Waals surface area contributed by atoms with Gasteiger partial charge in [-0.05, 0) is 37.6 Å². The summed E-state index contributed by atoms with van der Waals surface area (Å²) in [4.78, 5) is 30.3. The summed E-state index contributed by atoms with van der Waals surface area (Å²) in [6, 6.07) is 5.71. The fourth-order valence-corrected chi connectivity index (χ4v) is 6.40. The highest BCUT2D eigenvalue weighted by Gasteiger charge is 2.40. The molecule has 1 aromatic carbocycles. The van der Waals surface area contributed by atoms with E-state index in [1.165, 1.54) is 28.1 Å². The third kappa shape index (κ3) is 5.55. The van der Waals surface area contributed by atoms with Gasteiger partial charge in [0.15, 0.2) is 11.5 Å². The maximum Gasteiger partial charge on any atom is 0.406 e. The number of benzene rings is 1. The zero-order valence-electron chi connectivity index (χ0n) is 22.2. The number of carbonyl (C=O) groups is 1. The van der Waals surface area contributed by atoms with Gasteiger partial charge < -0.3 is 15.1 Å². The number of thiazole rings is 1. The zero-order chi connectivity index (χ0) is 29.0. The van der Waals surface area contributed by atoms with Gasteiger partial charge in [-0.3, -0.25) is 9.69 Å². The van der Waals surface area contributed by atoms with Crippen LogP contribution < -0.4 is 20.0 Å². The van der Waals surface area contributed by atoms with Crippen molar-refractivity contribution in [2.75, 3.05) is 66.0 Å². The molecular weight excluding hydrogens is 569 g/mol. The minimum absolute atomic E-state index is 0.0643. The second-order valence-corrected chi connectivity index (χ2v) is 12.8. The fraction of sp³-hybridized carbons (Fsp3) is 0.417. The molecule has 1 N–H and O–H groups in total. The van der Waals surface area contributed by atoms with Crippen LogP contribution >= 0.6 is 11.3 Å². The number of hydrogen-bond acceptors (Lipinski definition) is 10. The minimum atomic E-state index is -4.64. The molecule has 0 spiro atoms. The Kier molecular flexibility index (Phi) is 7.12. The highest BCUT2D eigenvalue weighted by Crippen LogP contribution is 2.42. The van der Waals surface area contributed by atoms with Crippen molar-refractivity contribution >= 4 is 61.1 Å². The van der Waals surface area contributed by atoms with E-state index in [-0.39, 0.29) is 23.1 Å². The summed E-state index contributed by atoms with van der Waals surface area (Å²) in [7, 11) is -1.60. The highest BCUT2D eigenvalue weighted by atomic mass is 32.2. The van der Waals surface area contributed by atoms with Gasteiger partial charge in [-0.1, -0.05) is 0 Å². The van der Waals surface area contributed by atoms with Crippen LogP contribution in [0.5, 0.6) is 0 Å². The molecule has 2 aromatic heterocycles. The monoisotopic (exact) mass is 596 g/mol. The zero-order valence-corrected chi connectivity index (χ0v) is 23.8. The van der Waals surface area contributed by atoms with E-state index in [2.05, 4.69) is 25.2 Å². The quantitative estimate of drug-likeness (QED) is 0.471. The summed E-state index contributed by atoms with van der Waals surface area (Å²) in [6.45, 7) is 4.01. The molecule has 2 aliphatic heterocycles. The maximum absolute atomic E-state index is 13.5. The number of rotatable bonds is 5. The summed E-state index contributed by atoms with van der Waals surface area (Å²) in [6.07, 6.45) is -2.23. The average Bonchev–Trinajstić information content (AvgIpc) is 3.25. The lowest BCUT2D eigenvalue weighted by atomic mass is 10.1. The van der Waals surface area contributed by atoms with Crippen molar-refractivity contribution in [3.63, 3.8) is 0 Å². The first-order chi connectivity index (χ1) is 18.7. The van der Waals surface area contributed by atoms with E-state index < -0.39 is 28.7 Å². The number of alkyl halides is 3. The van der Waals surface area contributed by atoms with Gasteiger partial charge >= 0.3 is 6.18 Å². The lowest BCUT2D eigenvalue weighted by Crippen LogP contribution is -2.48. The summed E-state index contributed by atoms with van der Waals surface area (Å²) in [5.41, 5.74) is 2.36. The number of sulfonamides is 1. The van der Waals surface area contributed by atoms with Gasteiger partial charge in [-0.2, -0.15) is 22.5 Å². The number of halogens is 3. The molecule has 16 heteroatoms. The summed E-state index contributed by atoms with van der Waals surface area (Å²) >= 11 is 1.19. The van der Waals surface area contributed by atoms with Crippen molar-refractivity contribution in [3.8, 4) is 0 Å². The number of aryl methyl sites for hydroxylation is 2. The van der Waals surface area contributed by atoms with Crippen LogP contribution in [0.1, 0.15) is 21.1 Å². The number of aromatic nitrogens is 3. The van der Waals surface area contributed by atoms with Gasteiger partial charge in [0.25, 0.3) is 5.91 Å². The van der Waals surface area contributed by atoms with Crippen molar-refractivity contribution < 1.29 is 26.4 Å². The number of nitrogens with one attached hydrogen (secondary N) is 1. The van der Waals surface area contributed by atoms with Crippen molar-refractivity contribution in [2.24, 2.45) is 0 Å². The van der Waals surface area contributed by atoms with Gasteiger partial charge in [-0.15, -0.1) is 11.3 Å². The lowest BCUT2D eigenvalue weighted by molar-refractivity contribution is -0.118. The highest BCUT2D eigenvalue weighted by molar-refractivity contribution is 7.88. The van der Waals surface area contributed by atoms with Crippen LogP contribution in [-0.2, 0) is 10.0 Å². The molecule has 40 heavy (non-hydrogen) atoms. The van der Waals surface area contributed by atoms with Crippen molar-refractivity contribution in [1.29, 1.82) is 0 Å². The van der Waals surface area contributed by atoms with Crippen molar-refractivity contribution in [3.05, 3.63) is 40.7 Å². The van der Waals surface area contributed by atoms with E-state index in [1.807, 2.05) is 25.1 Å². The molecule has 1 amide bonds. The van der Waals surface area contributed by atoms with Crippen LogP contribution in [0.4, 0.5) is 47.0 Å². The van der Waals surface area contributed by atoms with Gasteiger partial charge in [-0.25, -0.2) is 18.4 Å². The number of amides is 1. The Hall–Kier alpha value is -3.50. The predicted molar refractivity (Wildman–Crippen MR) is 148 cm³/mol. The smallest absolute Gasteiger partial charge is 0.369 e.